The van der Waals surface area contributed by atoms with Crippen LogP contribution in [0.15, 0.2) is 30.6 Å². The van der Waals surface area contributed by atoms with Crippen LogP contribution in [0.4, 0.5) is 5.95 Å². The molecule has 4 aliphatic rings. The molecule has 1 amide bonds. The number of benzene rings is 1. The van der Waals surface area contributed by atoms with E-state index in [1.807, 2.05) is 0 Å². The minimum absolute atomic E-state index is 0.129. The molecule has 6 rings (SSSR count). The van der Waals surface area contributed by atoms with E-state index < -0.39 is 0 Å². The lowest BCUT2D eigenvalue weighted by atomic mass is 9.49. The number of hydrogen-bond donors (Lipinski definition) is 2. The van der Waals surface area contributed by atoms with Gasteiger partial charge in [-0.05, 0) is 44.2 Å². The number of carbonyl (C=O) groups is 1. The smallest absolute Gasteiger partial charge is 0.254 e. The van der Waals surface area contributed by atoms with Crippen LogP contribution in [0.2, 0.25) is 5.02 Å². The van der Waals surface area contributed by atoms with Crippen LogP contribution in [0.3, 0.4) is 0 Å². The third-order valence-corrected chi connectivity index (χ3v) is 10.7. The number of halogens is 1. The predicted molar refractivity (Wildman–Crippen MR) is 161 cm³/mol. The Morgan fingerprint density at radius 1 is 1.12 bits per heavy atom. The molecule has 3 heterocycles. The number of piperidine rings is 1. The molecule has 0 bridgehead atoms. The molecule has 2 aromatic rings. The number of aliphatic hydroxyl groups excluding tert-OH is 1. The lowest BCUT2D eigenvalue weighted by Crippen LogP contribution is -2.74. The Hall–Kier alpha value is -2.93. The summed E-state index contributed by atoms with van der Waals surface area (Å²) >= 11 is 6.21. The van der Waals surface area contributed by atoms with Crippen LogP contribution in [-0.4, -0.2) is 76.4 Å². The van der Waals surface area contributed by atoms with Gasteiger partial charge in [0, 0.05) is 73.0 Å². The molecule has 4 fully saturated rings. The molecule has 1 atom stereocenters. The largest absolute Gasteiger partial charge is 0.489 e. The Balaban J connectivity index is 1.03. The van der Waals surface area contributed by atoms with E-state index in [1.165, 1.54) is 19.3 Å². The Labute approximate surface area is 253 Å². The van der Waals surface area contributed by atoms with Crippen LogP contribution in [0, 0.1) is 27.6 Å². The number of aliphatic hydroxyl groups is 1. The maximum Gasteiger partial charge on any atom is 0.254 e. The maximum atomic E-state index is 13.3. The van der Waals surface area contributed by atoms with Crippen LogP contribution in [0.5, 0.6) is 5.75 Å². The van der Waals surface area contributed by atoms with Crippen molar-refractivity contribution in [3.8, 4) is 11.8 Å². The number of likely N-dealkylation sites (tertiary alicyclic amines) is 1. The molecule has 1 spiro atoms. The van der Waals surface area contributed by atoms with E-state index in [0.717, 1.165) is 39.0 Å². The standard InChI is InChI=1S/C32H41ClN6O3/c1-30(2)27(31(3,4)28(30)42-24-6-5-20(15-34)25(33)13-24)37-26(41)21-16-35-29(36-17-21)39-18-32(19-39)10-7-22(14-32)38-11-8-23(40)9-12-38/h5-6,13,16-17,22-23,27-28,40H,7-12,14,18-19H2,1-4H3,(H,37,41). The van der Waals surface area contributed by atoms with E-state index in [9.17, 15) is 9.90 Å². The van der Waals surface area contributed by atoms with Gasteiger partial charge in [-0.3, -0.25) is 4.79 Å². The minimum Gasteiger partial charge on any atom is -0.489 e. The number of ether oxygens (including phenoxy) is 1. The normalized spacial score (nSPS) is 28.0. The van der Waals surface area contributed by atoms with Crippen molar-refractivity contribution in [1.29, 1.82) is 5.26 Å². The van der Waals surface area contributed by atoms with Gasteiger partial charge in [0.25, 0.3) is 5.91 Å². The van der Waals surface area contributed by atoms with Gasteiger partial charge in [0.15, 0.2) is 0 Å². The molecule has 1 aromatic carbocycles. The van der Waals surface area contributed by atoms with Gasteiger partial charge in [-0.15, -0.1) is 0 Å². The minimum atomic E-state index is -0.348. The summed E-state index contributed by atoms with van der Waals surface area (Å²) in [5.74, 6) is 1.09. The van der Waals surface area contributed by atoms with Crippen LogP contribution in [0.25, 0.3) is 0 Å². The summed E-state index contributed by atoms with van der Waals surface area (Å²) in [6, 6.07) is 7.64. The average molecular weight is 593 g/mol. The number of nitrogens with zero attached hydrogens (tertiary/aromatic N) is 5. The Bertz CT molecular complexity index is 1360. The van der Waals surface area contributed by atoms with E-state index in [4.69, 9.17) is 21.6 Å². The summed E-state index contributed by atoms with van der Waals surface area (Å²) in [5.41, 5.74) is 0.490. The highest BCUT2D eigenvalue weighted by Crippen LogP contribution is 2.55. The summed E-state index contributed by atoms with van der Waals surface area (Å²) in [5, 5.41) is 22.6. The number of aromatic nitrogens is 2. The molecule has 1 unspecified atom stereocenters. The molecule has 0 radical (unpaired) electrons. The number of amides is 1. The van der Waals surface area contributed by atoms with Crippen molar-refractivity contribution in [2.45, 2.75) is 84.1 Å². The summed E-state index contributed by atoms with van der Waals surface area (Å²) in [6.45, 7) is 12.3. The van der Waals surface area contributed by atoms with E-state index in [2.05, 4.69) is 58.8 Å². The highest BCUT2D eigenvalue weighted by Gasteiger charge is 2.64. The monoisotopic (exact) mass is 592 g/mol. The van der Waals surface area contributed by atoms with E-state index in [0.29, 0.717) is 39.3 Å². The second-order valence-electron chi connectivity index (χ2n) is 14.1. The van der Waals surface area contributed by atoms with Gasteiger partial charge in [-0.25, -0.2) is 9.97 Å². The lowest BCUT2D eigenvalue weighted by Gasteiger charge is -2.63. The fourth-order valence-electron chi connectivity index (χ4n) is 8.34. The van der Waals surface area contributed by atoms with Crippen molar-refractivity contribution >= 4 is 23.5 Å². The van der Waals surface area contributed by atoms with Crippen LogP contribution >= 0.6 is 11.6 Å². The van der Waals surface area contributed by atoms with Crippen molar-refractivity contribution in [3.63, 3.8) is 0 Å². The van der Waals surface area contributed by atoms with Crippen molar-refractivity contribution in [2.24, 2.45) is 16.2 Å². The van der Waals surface area contributed by atoms with Gasteiger partial charge in [-0.1, -0.05) is 39.3 Å². The molecule has 10 heteroatoms. The first-order valence-corrected chi connectivity index (χ1v) is 15.5. The molecule has 42 heavy (non-hydrogen) atoms. The number of nitrogens with one attached hydrogen (secondary N) is 1. The third-order valence-electron chi connectivity index (χ3n) is 10.4. The van der Waals surface area contributed by atoms with Crippen LogP contribution in [-0.2, 0) is 0 Å². The predicted octanol–water partition coefficient (Wildman–Crippen LogP) is 4.43. The zero-order valence-corrected chi connectivity index (χ0v) is 25.7. The van der Waals surface area contributed by atoms with Crippen molar-refractivity contribution in [3.05, 3.63) is 46.7 Å². The molecule has 224 valence electrons. The van der Waals surface area contributed by atoms with Gasteiger partial charge in [0.2, 0.25) is 5.95 Å². The second kappa shape index (κ2) is 10.7. The molecular formula is C32H41ClN6O3. The molecule has 2 aliphatic carbocycles. The van der Waals surface area contributed by atoms with Crippen LogP contribution < -0.4 is 15.0 Å². The Morgan fingerprint density at radius 3 is 2.40 bits per heavy atom. The van der Waals surface area contributed by atoms with Gasteiger partial charge in [0.1, 0.15) is 17.9 Å². The first-order valence-electron chi connectivity index (χ1n) is 15.1. The summed E-state index contributed by atoms with van der Waals surface area (Å²) in [4.78, 5) is 27.2. The molecule has 2 aliphatic heterocycles. The summed E-state index contributed by atoms with van der Waals surface area (Å²) in [7, 11) is 0. The van der Waals surface area contributed by atoms with Gasteiger partial charge < -0.3 is 25.0 Å². The Kier molecular flexibility index (Phi) is 7.40. The number of rotatable bonds is 6. The van der Waals surface area contributed by atoms with Gasteiger partial charge >= 0.3 is 0 Å². The van der Waals surface area contributed by atoms with Crippen molar-refractivity contribution in [2.75, 3.05) is 31.1 Å². The molecule has 1 aromatic heterocycles. The molecule has 2 saturated heterocycles. The zero-order valence-electron chi connectivity index (χ0n) is 24.9. The van der Waals surface area contributed by atoms with E-state index >= 15 is 0 Å². The first kappa shape index (κ1) is 29.2. The fourth-order valence-corrected chi connectivity index (χ4v) is 8.56. The molecule has 2 saturated carbocycles. The summed E-state index contributed by atoms with van der Waals surface area (Å²) < 4.78 is 6.34. The number of anilines is 1. The SMILES string of the molecule is CC1(C)C(NC(=O)c2cnc(N3CC4(CCC(N5CCC(O)CC5)C4)C3)nc2)C(C)(C)C1Oc1ccc(C#N)c(Cl)c1. The second-order valence-corrected chi connectivity index (χ2v) is 14.5. The fraction of sp³-hybridized carbons (Fsp3) is 0.625. The number of nitriles is 1. The first-order chi connectivity index (χ1) is 19.9. The summed E-state index contributed by atoms with van der Waals surface area (Å²) in [6.07, 6.45) is 8.40. The van der Waals surface area contributed by atoms with Crippen LogP contribution in [0.1, 0.15) is 75.7 Å². The topological polar surface area (TPSA) is 115 Å². The van der Waals surface area contributed by atoms with Crippen molar-refractivity contribution in [1.82, 2.24) is 20.2 Å². The zero-order chi connectivity index (χ0) is 29.9. The van der Waals surface area contributed by atoms with Gasteiger partial charge in [-0.2, -0.15) is 5.26 Å². The Morgan fingerprint density at radius 2 is 1.79 bits per heavy atom. The highest BCUT2D eigenvalue weighted by molar-refractivity contribution is 6.31. The number of carbonyl (C=O) groups excluding carboxylic acids is 1. The average Bonchev–Trinajstić information content (AvgIpc) is 3.40. The maximum absolute atomic E-state index is 13.3. The quantitative estimate of drug-likeness (QED) is 0.506. The van der Waals surface area contributed by atoms with Gasteiger partial charge in [0.05, 0.1) is 22.3 Å². The van der Waals surface area contributed by atoms with E-state index in [-0.39, 0.29) is 35.0 Å². The van der Waals surface area contributed by atoms with Crippen molar-refractivity contribution < 1.29 is 14.6 Å². The third kappa shape index (κ3) is 5.12. The highest BCUT2D eigenvalue weighted by atomic mass is 35.5. The molecule has 2 N–H and O–H groups in total. The molecule has 9 nitrogen and oxygen atoms in total. The molecular weight excluding hydrogens is 552 g/mol. The lowest BCUT2D eigenvalue weighted by molar-refractivity contribution is -0.164. The number of hydrogen-bond acceptors (Lipinski definition) is 8. The van der Waals surface area contributed by atoms with E-state index in [1.54, 1.807) is 30.6 Å².